The Kier molecular flexibility index (Phi) is 8.55. The molecular formula is C26H26N4O5. The Morgan fingerprint density at radius 1 is 0.943 bits per heavy atom. The number of carbonyl (C=O) groups is 3. The van der Waals surface area contributed by atoms with Crippen LogP contribution in [0.25, 0.3) is 0 Å². The molecule has 0 atom stereocenters. The van der Waals surface area contributed by atoms with Gasteiger partial charge in [-0.05, 0) is 42.8 Å². The molecule has 0 radical (unpaired) electrons. The highest BCUT2D eigenvalue weighted by Gasteiger charge is 2.14. The molecule has 0 aliphatic rings. The number of primary amides is 1. The highest BCUT2D eigenvalue weighted by molar-refractivity contribution is 6.05. The number of nitrogens with two attached hydrogens (primary N) is 1. The van der Waals surface area contributed by atoms with Crippen molar-refractivity contribution in [2.45, 2.75) is 13.3 Å². The second kappa shape index (κ2) is 12.0. The van der Waals surface area contributed by atoms with Gasteiger partial charge in [-0.25, -0.2) is 5.43 Å². The minimum Gasteiger partial charge on any atom is -0.493 e. The zero-order valence-electron chi connectivity index (χ0n) is 19.4. The monoisotopic (exact) mass is 474 g/mol. The van der Waals surface area contributed by atoms with Crippen LogP contribution < -0.4 is 25.9 Å². The average Bonchev–Trinajstić information content (AvgIpc) is 2.86. The van der Waals surface area contributed by atoms with Gasteiger partial charge in [0.05, 0.1) is 30.5 Å². The molecule has 0 saturated carbocycles. The minimum atomic E-state index is -0.604. The first-order chi connectivity index (χ1) is 16.9. The number of rotatable bonds is 10. The van der Waals surface area contributed by atoms with Crippen LogP contribution in [0.4, 0.5) is 5.69 Å². The second-order valence-electron chi connectivity index (χ2n) is 7.51. The molecule has 0 aromatic heterocycles. The van der Waals surface area contributed by atoms with E-state index in [4.69, 9.17) is 15.2 Å². The number of hydrogen-bond donors (Lipinski definition) is 3. The molecule has 0 saturated heterocycles. The SMILES string of the molecule is COc1cc(/C(C)=N/NC(=O)c2ccccc2NC(=O)Cc2ccccc2)ccc1OCC(N)=O. The Labute approximate surface area is 202 Å². The van der Waals surface area contributed by atoms with Gasteiger partial charge in [0.25, 0.3) is 11.8 Å². The fraction of sp³-hybridized carbons (Fsp3) is 0.154. The fourth-order valence-corrected chi connectivity index (χ4v) is 3.19. The number of benzene rings is 3. The summed E-state index contributed by atoms with van der Waals surface area (Å²) in [6, 6.07) is 21.0. The molecule has 3 aromatic carbocycles. The summed E-state index contributed by atoms with van der Waals surface area (Å²) < 4.78 is 10.6. The van der Waals surface area contributed by atoms with Gasteiger partial charge in [-0.1, -0.05) is 42.5 Å². The molecule has 3 rings (SSSR count). The zero-order valence-corrected chi connectivity index (χ0v) is 19.4. The molecule has 0 spiro atoms. The predicted octanol–water partition coefficient (Wildman–Crippen LogP) is 2.89. The van der Waals surface area contributed by atoms with Crippen molar-refractivity contribution in [3.63, 3.8) is 0 Å². The van der Waals surface area contributed by atoms with Gasteiger partial charge in [0.2, 0.25) is 5.91 Å². The van der Waals surface area contributed by atoms with E-state index in [1.54, 1.807) is 49.4 Å². The fourth-order valence-electron chi connectivity index (χ4n) is 3.19. The van der Waals surface area contributed by atoms with E-state index in [0.717, 1.165) is 5.56 Å². The molecule has 9 heteroatoms. The van der Waals surface area contributed by atoms with E-state index in [0.29, 0.717) is 28.5 Å². The lowest BCUT2D eigenvalue weighted by Crippen LogP contribution is -2.23. The van der Waals surface area contributed by atoms with E-state index < -0.39 is 11.8 Å². The molecule has 0 aliphatic carbocycles. The van der Waals surface area contributed by atoms with Gasteiger partial charge in [0.15, 0.2) is 18.1 Å². The number of nitrogens with zero attached hydrogens (tertiary/aromatic N) is 1. The summed E-state index contributed by atoms with van der Waals surface area (Å²) in [5.74, 6) is -0.577. The molecule has 3 amide bonds. The van der Waals surface area contributed by atoms with Crippen LogP contribution in [-0.4, -0.2) is 37.1 Å². The Morgan fingerprint density at radius 3 is 2.37 bits per heavy atom. The third-order valence-electron chi connectivity index (χ3n) is 4.93. The molecule has 0 fully saturated rings. The molecule has 0 unspecified atom stereocenters. The van der Waals surface area contributed by atoms with Crippen LogP contribution in [0.5, 0.6) is 11.5 Å². The van der Waals surface area contributed by atoms with Gasteiger partial charge in [-0.2, -0.15) is 5.10 Å². The lowest BCUT2D eigenvalue weighted by atomic mass is 10.1. The van der Waals surface area contributed by atoms with Gasteiger partial charge in [0, 0.05) is 5.56 Å². The first-order valence-corrected chi connectivity index (χ1v) is 10.7. The number of nitrogens with one attached hydrogen (secondary N) is 2. The molecule has 3 aromatic rings. The van der Waals surface area contributed by atoms with Crippen molar-refractivity contribution in [1.82, 2.24) is 5.43 Å². The lowest BCUT2D eigenvalue weighted by Gasteiger charge is -2.12. The first-order valence-electron chi connectivity index (χ1n) is 10.7. The Balaban J connectivity index is 1.69. The van der Waals surface area contributed by atoms with Gasteiger partial charge in [0.1, 0.15) is 0 Å². The number of methoxy groups -OCH3 is 1. The number of hydrazone groups is 1. The van der Waals surface area contributed by atoms with Crippen molar-refractivity contribution in [2.75, 3.05) is 19.0 Å². The molecular weight excluding hydrogens is 448 g/mol. The van der Waals surface area contributed by atoms with E-state index in [9.17, 15) is 14.4 Å². The molecule has 0 aliphatic heterocycles. The number of para-hydroxylation sites is 1. The summed E-state index contributed by atoms with van der Waals surface area (Å²) in [5.41, 5.74) is 10.3. The van der Waals surface area contributed by atoms with E-state index >= 15 is 0 Å². The highest BCUT2D eigenvalue weighted by Crippen LogP contribution is 2.28. The Morgan fingerprint density at radius 2 is 1.66 bits per heavy atom. The van der Waals surface area contributed by atoms with Crippen molar-refractivity contribution in [1.29, 1.82) is 0 Å². The van der Waals surface area contributed by atoms with Gasteiger partial charge >= 0.3 is 0 Å². The maximum atomic E-state index is 12.8. The Bertz CT molecular complexity index is 1240. The summed E-state index contributed by atoms with van der Waals surface area (Å²) in [7, 11) is 1.47. The Hall–Kier alpha value is -4.66. The highest BCUT2D eigenvalue weighted by atomic mass is 16.5. The second-order valence-corrected chi connectivity index (χ2v) is 7.51. The van der Waals surface area contributed by atoms with Crippen molar-refractivity contribution in [2.24, 2.45) is 10.8 Å². The van der Waals surface area contributed by atoms with Crippen LogP contribution >= 0.6 is 0 Å². The third kappa shape index (κ3) is 7.16. The van der Waals surface area contributed by atoms with Gasteiger partial charge < -0.3 is 20.5 Å². The molecule has 180 valence electrons. The van der Waals surface area contributed by atoms with Gasteiger partial charge in [-0.3, -0.25) is 14.4 Å². The predicted molar refractivity (Wildman–Crippen MR) is 133 cm³/mol. The van der Waals surface area contributed by atoms with Crippen LogP contribution in [0.3, 0.4) is 0 Å². The van der Waals surface area contributed by atoms with E-state index in [-0.39, 0.29) is 24.5 Å². The molecule has 0 heterocycles. The van der Waals surface area contributed by atoms with Crippen LogP contribution in [-0.2, 0) is 16.0 Å². The number of amides is 3. The molecule has 9 nitrogen and oxygen atoms in total. The van der Waals surface area contributed by atoms with Crippen LogP contribution in [0.15, 0.2) is 77.9 Å². The smallest absolute Gasteiger partial charge is 0.273 e. The number of ether oxygens (including phenoxy) is 2. The summed E-state index contributed by atoms with van der Waals surface area (Å²) in [5, 5.41) is 6.96. The van der Waals surface area contributed by atoms with Gasteiger partial charge in [-0.15, -0.1) is 0 Å². The van der Waals surface area contributed by atoms with Crippen LogP contribution in [0, 0.1) is 0 Å². The summed E-state index contributed by atoms with van der Waals surface area (Å²) in [4.78, 5) is 36.2. The standard InChI is InChI=1S/C26H26N4O5/c1-17(19-12-13-22(23(15-19)34-2)35-16-24(27)31)29-30-26(33)20-10-6-7-11-21(20)28-25(32)14-18-8-4-3-5-9-18/h3-13,15H,14,16H2,1-2H3,(H2,27,31)(H,28,32)(H,30,33)/b29-17+. The number of hydrogen-bond acceptors (Lipinski definition) is 6. The van der Waals surface area contributed by atoms with Crippen molar-refractivity contribution < 1.29 is 23.9 Å². The van der Waals surface area contributed by atoms with Crippen molar-refractivity contribution in [3.8, 4) is 11.5 Å². The zero-order chi connectivity index (χ0) is 25.2. The number of carbonyl (C=O) groups excluding carboxylic acids is 3. The maximum Gasteiger partial charge on any atom is 0.273 e. The maximum absolute atomic E-state index is 12.8. The van der Waals surface area contributed by atoms with Crippen LogP contribution in [0.1, 0.15) is 28.4 Å². The lowest BCUT2D eigenvalue weighted by molar-refractivity contribution is -0.120. The number of anilines is 1. The van der Waals surface area contributed by atoms with Crippen molar-refractivity contribution >= 4 is 29.1 Å². The normalized spacial score (nSPS) is 10.9. The minimum absolute atomic E-state index is 0.190. The van der Waals surface area contributed by atoms with E-state index in [1.165, 1.54) is 7.11 Å². The summed E-state index contributed by atoms with van der Waals surface area (Å²) in [6.07, 6.45) is 0.190. The quantitative estimate of drug-likeness (QED) is 0.307. The van der Waals surface area contributed by atoms with E-state index in [1.807, 2.05) is 30.3 Å². The summed E-state index contributed by atoms with van der Waals surface area (Å²) in [6.45, 7) is 1.44. The molecule has 0 bridgehead atoms. The largest absolute Gasteiger partial charge is 0.493 e. The van der Waals surface area contributed by atoms with Crippen LogP contribution in [0.2, 0.25) is 0 Å². The topological polar surface area (TPSA) is 132 Å². The summed E-state index contributed by atoms with van der Waals surface area (Å²) >= 11 is 0. The van der Waals surface area contributed by atoms with E-state index in [2.05, 4.69) is 15.8 Å². The third-order valence-corrected chi connectivity index (χ3v) is 4.93. The first kappa shape index (κ1) is 25.0. The average molecular weight is 475 g/mol. The van der Waals surface area contributed by atoms with Crippen molar-refractivity contribution in [3.05, 3.63) is 89.5 Å². The molecule has 35 heavy (non-hydrogen) atoms. The molecule has 4 N–H and O–H groups in total.